The maximum absolute atomic E-state index is 14.4. The van der Waals surface area contributed by atoms with Gasteiger partial charge in [0.05, 0.1) is 17.4 Å². The van der Waals surface area contributed by atoms with Crippen molar-refractivity contribution in [3.63, 3.8) is 0 Å². The van der Waals surface area contributed by atoms with Gasteiger partial charge >= 0.3 is 0 Å². The summed E-state index contributed by atoms with van der Waals surface area (Å²) >= 11 is 6.31. The fourth-order valence-electron chi connectivity index (χ4n) is 8.50. The summed E-state index contributed by atoms with van der Waals surface area (Å²) < 4.78 is 33.9. The van der Waals surface area contributed by atoms with Crippen LogP contribution in [0.2, 0.25) is 5.02 Å². The lowest BCUT2D eigenvalue weighted by Gasteiger charge is -2.42. The Morgan fingerprint density at radius 2 is 1.89 bits per heavy atom. The molecule has 1 aromatic carbocycles. The molecule has 3 saturated heterocycles. The highest BCUT2D eigenvalue weighted by Gasteiger charge is 2.43. The second kappa shape index (κ2) is 13.9. The van der Waals surface area contributed by atoms with Gasteiger partial charge in [0, 0.05) is 48.8 Å². The van der Waals surface area contributed by atoms with Crippen molar-refractivity contribution in [1.29, 1.82) is 0 Å². The van der Waals surface area contributed by atoms with Crippen molar-refractivity contribution in [2.75, 3.05) is 32.0 Å². The van der Waals surface area contributed by atoms with Gasteiger partial charge in [-0.1, -0.05) is 30.2 Å². The topological polar surface area (TPSA) is 99.8 Å². The minimum Gasteiger partial charge on any atom is -0.376 e. The van der Waals surface area contributed by atoms with E-state index in [2.05, 4.69) is 41.9 Å². The summed E-state index contributed by atoms with van der Waals surface area (Å²) in [4.78, 5) is 14.4. The molecule has 1 amide bonds. The van der Waals surface area contributed by atoms with Gasteiger partial charge in [-0.25, -0.2) is 8.42 Å². The van der Waals surface area contributed by atoms with Crippen molar-refractivity contribution in [2.45, 2.75) is 120 Å². The highest BCUT2D eigenvalue weighted by atomic mass is 35.5. The van der Waals surface area contributed by atoms with Crippen LogP contribution in [0.5, 0.6) is 0 Å². The minimum atomic E-state index is -3.20. The Hall–Kier alpha value is -1.23. The number of halogens is 1. The number of rotatable bonds is 11. The van der Waals surface area contributed by atoms with E-state index >= 15 is 0 Å². The first-order chi connectivity index (χ1) is 21.1. The fourth-order valence-corrected chi connectivity index (χ4v) is 10.4. The smallest absolute Gasteiger partial charge is 0.238 e. The van der Waals surface area contributed by atoms with E-state index in [1.807, 2.05) is 12.1 Å². The molecule has 8 nitrogen and oxygen atoms in total. The van der Waals surface area contributed by atoms with Gasteiger partial charge in [0.1, 0.15) is 0 Å². The van der Waals surface area contributed by atoms with Crippen molar-refractivity contribution in [3.8, 4) is 0 Å². The van der Waals surface area contributed by atoms with E-state index in [-0.39, 0.29) is 47.3 Å². The lowest BCUT2D eigenvalue weighted by molar-refractivity contribution is -0.126. The molecular weight excluding hydrogens is 596 g/mol. The Kier molecular flexibility index (Phi) is 10.3. The van der Waals surface area contributed by atoms with E-state index in [4.69, 9.17) is 16.3 Å². The van der Waals surface area contributed by atoms with Crippen LogP contribution in [0.3, 0.4) is 0 Å². The lowest BCUT2D eigenvalue weighted by Crippen LogP contribution is -2.57. The van der Waals surface area contributed by atoms with E-state index in [0.717, 1.165) is 76.4 Å². The van der Waals surface area contributed by atoms with Crippen LogP contribution in [-0.2, 0) is 19.6 Å². The van der Waals surface area contributed by atoms with Gasteiger partial charge in [0.15, 0.2) is 0 Å². The number of fused-ring (bicyclic) bond motifs is 2. The average molecular weight is 649 g/mol. The molecule has 3 aliphatic heterocycles. The predicted octanol–water partition coefficient (Wildman–Crippen LogP) is 4.83. The van der Waals surface area contributed by atoms with Crippen LogP contribution in [0.15, 0.2) is 24.3 Å². The SMILES string of the molecule is CC1(C)CC([C@H](c2ccc(Cl)cc2)[C@H](NCC2CC2)C(=O)N[C@H]2CCC[C@@H]2CC[C@H]2CN[C@@H]3CCCS(=O)(=O)N2C3)CCO1. The second-order valence-electron chi connectivity index (χ2n) is 14.9. The second-order valence-corrected chi connectivity index (χ2v) is 17.4. The van der Waals surface area contributed by atoms with Crippen LogP contribution in [0, 0.1) is 17.8 Å². The van der Waals surface area contributed by atoms with E-state index in [9.17, 15) is 13.2 Å². The zero-order valence-corrected chi connectivity index (χ0v) is 28.2. The molecule has 0 radical (unpaired) electrons. The van der Waals surface area contributed by atoms with Crippen molar-refractivity contribution in [1.82, 2.24) is 20.3 Å². The van der Waals surface area contributed by atoms with Gasteiger partial charge in [-0.3, -0.25) is 4.79 Å². The van der Waals surface area contributed by atoms with E-state index in [0.29, 0.717) is 35.9 Å². The third-order valence-corrected chi connectivity index (χ3v) is 13.3. The molecule has 0 aromatic heterocycles. The third kappa shape index (κ3) is 8.00. The number of nitrogens with zero attached hydrogens (tertiary/aromatic N) is 1. The van der Waals surface area contributed by atoms with Crippen LogP contribution < -0.4 is 16.0 Å². The summed E-state index contributed by atoms with van der Waals surface area (Å²) in [6, 6.07) is 8.17. The number of carbonyl (C=O) groups excluding carboxylic acids is 1. The number of sulfonamides is 1. The molecule has 246 valence electrons. The molecule has 2 aliphatic carbocycles. The Labute approximate surface area is 269 Å². The van der Waals surface area contributed by atoms with Crippen LogP contribution in [0.4, 0.5) is 0 Å². The number of carbonyl (C=O) groups is 1. The first kappa shape index (κ1) is 32.7. The number of hydrogen-bond donors (Lipinski definition) is 3. The maximum atomic E-state index is 14.4. The molecule has 0 spiro atoms. The summed E-state index contributed by atoms with van der Waals surface area (Å²) in [5, 5.41) is 11.6. The third-order valence-electron chi connectivity index (χ3n) is 11.1. The molecule has 3 heterocycles. The van der Waals surface area contributed by atoms with Crippen LogP contribution in [0.25, 0.3) is 0 Å². The van der Waals surface area contributed by atoms with Gasteiger partial charge < -0.3 is 20.7 Å². The summed E-state index contributed by atoms with van der Waals surface area (Å²) in [6.07, 6.45) is 10.9. The van der Waals surface area contributed by atoms with Crippen molar-refractivity contribution in [2.24, 2.45) is 17.8 Å². The Balaban J connectivity index is 1.17. The molecule has 2 bridgehead atoms. The summed E-state index contributed by atoms with van der Waals surface area (Å²) in [5.74, 6) is 1.71. The van der Waals surface area contributed by atoms with Gasteiger partial charge in [-0.05, 0) is 120 Å². The van der Waals surface area contributed by atoms with Crippen LogP contribution in [-0.4, -0.2) is 80.4 Å². The number of piperazine rings is 1. The van der Waals surface area contributed by atoms with Crippen LogP contribution >= 0.6 is 11.6 Å². The fraction of sp³-hybridized carbons (Fsp3) is 0.794. The number of amides is 1. The molecule has 1 aromatic rings. The van der Waals surface area contributed by atoms with Gasteiger partial charge in [0.2, 0.25) is 15.9 Å². The van der Waals surface area contributed by atoms with Crippen molar-refractivity contribution >= 4 is 27.5 Å². The predicted molar refractivity (Wildman–Crippen MR) is 175 cm³/mol. The number of ether oxygens (including phenoxy) is 1. The molecule has 8 atom stereocenters. The maximum Gasteiger partial charge on any atom is 0.238 e. The first-order valence-corrected chi connectivity index (χ1v) is 19.2. The zero-order valence-electron chi connectivity index (χ0n) is 26.6. The molecule has 3 N–H and O–H groups in total. The van der Waals surface area contributed by atoms with E-state index < -0.39 is 10.0 Å². The normalized spacial score (nSPS) is 34.5. The quantitative estimate of drug-likeness (QED) is 0.318. The molecule has 2 unspecified atom stereocenters. The molecule has 2 saturated carbocycles. The van der Waals surface area contributed by atoms with E-state index in [1.165, 1.54) is 12.8 Å². The Bertz CT molecular complexity index is 1240. The highest BCUT2D eigenvalue weighted by molar-refractivity contribution is 7.89. The lowest BCUT2D eigenvalue weighted by atomic mass is 9.73. The largest absolute Gasteiger partial charge is 0.376 e. The molecule has 44 heavy (non-hydrogen) atoms. The minimum absolute atomic E-state index is 0.00502. The number of benzene rings is 1. The number of hydrogen-bond acceptors (Lipinski definition) is 6. The first-order valence-electron chi connectivity index (χ1n) is 17.2. The van der Waals surface area contributed by atoms with Gasteiger partial charge in [-0.15, -0.1) is 0 Å². The number of nitrogens with one attached hydrogen (secondary N) is 3. The standard InChI is InChI=1S/C34H53ClN4O4S/c1-34(2)19-26(16-17-43-34)31(25-10-13-27(35)14-11-25)32(37-20-23-8-9-23)33(40)38-30-7-3-5-24(30)12-15-29-21-36-28-6-4-18-44(41,42)39(29)22-28/h10-11,13-14,23-24,26,28-32,36-37H,3-9,12,15-22H2,1-2H3,(H,38,40)/t24-,26?,28-,29+,30+,31+,32+/m1/s1. The zero-order chi connectivity index (χ0) is 30.9. The van der Waals surface area contributed by atoms with E-state index in [1.54, 1.807) is 4.31 Å². The average Bonchev–Trinajstić information content (AvgIpc) is 3.73. The Morgan fingerprint density at radius 1 is 1.09 bits per heavy atom. The highest BCUT2D eigenvalue weighted by Crippen LogP contribution is 2.41. The molecule has 6 rings (SSSR count). The van der Waals surface area contributed by atoms with Gasteiger partial charge in [-0.2, -0.15) is 4.31 Å². The summed E-state index contributed by atoms with van der Waals surface area (Å²) in [5.41, 5.74) is 0.932. The summed E-state index contributed by atoms with van der Waals surface area (Å²) in [7, 11) is -3.20. The van der Waals surface area contributed by atoms with Crippen molar-refractivity contribution < 1.29 is 17.9 Å². The Morgan fingerprint density at radius 3 is 2.64 bits per heavy atom. The molecule has 5 aliphatic rings. The molecule has 10 heteroatoms. The van der Waals surface area contributed by atoms with Crippen molar-refractivity contribution in [3.05, 3.63) is 34.9 Å². The monoisotopic (exact) mass is 648 g/mol. The summed E-state index contributed by atoms with van der Waals surface area (Å²) in [6.45, 7) is 7.21. The molecule has 5 fully saturated rings. The van der Waals surface area contributed by atoms with Crippen LogP contribution in [0.1, 0.15) is 96.0 Å². The van der Waals surface area contributed by atoms with Gasteiger partial charge in [0.25, 0.3) is 0 Å². The molecular formula is C34H53ClN4O4S.